The molecule has 10 rings (SSSR count). The maximum Gasteiger partial charge on any atom is 0.149 e. The predicted octanol–water partition coefficient (Wildman–Crippen LogP) is 19.1. The van der Waals surface area contributed by atoms with Gasteiger partial charge in [0.05, 0.1) is 28.0 Å². The Kier molecular flexibility index (Phi) is 11.6. The molecule has 0 aliphatic heterocycles. The van der Waals surface area contributed by atoms with Gasteiger partial charge < -0.3 is 5.11 Å². The summed E-state index contributed by atoms with van der Waals surface area (Å²) in [5.41, 5.74) is 16.6. The molecule has 8 aromatic carbocycles. The lowest BCUT2D eigenvalue weighted by atomic mass is 9.79. The number of benzene rings is 8. The number of nitrogens with zero attached hydrogens (tertiary/aromatic N) is 3. The molecule has 0 fully saturated rings. The van der Waals surface area contributed by atoms with Crippen molar-refractivity contribution in [3.8, 4) is 89.7 Å². The van der Waals surface area contributed by atoms with E-state index in [-0.39, 0.29) is 22.1 Å². The summed E-state index contributed by atoms with van der Waals surface area (Å²) in [6.45, 7) is 20.7. The molecule has 0 saturated carbocycles. The van der Waals surface area contributed by atoms with Crippen LogP contribution in [0.4, 0.5) is 0 Å². The number of phenols is 1. The predicted molar refractivity (Wildman–Crippen MR) is 314 cm³/mol. The molecule has 0 spiro atoms. The number of phenolic OH excluding ortho intramolecular Hbond substituents is 1. The summed E-state index contributed by atoms with van der Waals surface area (Å²) in [6.07, 6.45) is 1.85. The molecule has 370 valence electrons. The van der Waals surface area contributed by atoms with Crippen LogP contribution in [0.2, 0.25) is 0 Å². The average molecular weight is 972 g/mol. The normalized spacial score (nSPS) is 13.3. The largest absolute Gasteiger partial charge is 0.507 e. The highest BCUT2D eigenvalue weighted by molar-refractivity contribution is 5.99. The van der Waals surface area contributed by atoms with Gasteiger partial charge in [-0.15, -0.1) is 0 Å². The zero-order valence-electron chi connectivity index (χ0n) is 48.7. The van der Waals surface area contributed by atoms with Gasteiger partial charge in [-0.3, -0.25) is 9.55 Å². The first-order valence-corrected chi connectivity index (χ1v) is 25.8. The zero-order valence-corrected chi connectivity index (χ0v) is 44.7. The lowest BCUT2D eigenvalue weighted by Gasteiger charge is -2.28. The van der Waals surface area contributed by atoms with E-state index in [1.54, 1.807) is 0 Å². The van der Waals surface area contributed by atoms with Crippen molar-refractivity contribution in [3.05, 3.63) is 216 Å². The first kappa shape index (κ1) is 44.8. The summed E-state index contributed by atoms with van der Waals surface area (Å²) in [6, 6.07) is 61.9. The highest BCUT2D eigenvalue weighted by Crippen LogP contribution is 2.47. The van der Waals surface area contributed by atoms with Gasteiger partial charge in [0.25, 0.3) is 0 Å². The second-order valence-corrected chi connectivity index (χ2v) is 23.1. The Labute approximate surface area is 445 Å². The summed E-state index contributed by atoms with van der Waals surface area (Å²) in [7, 11) is 0. The van der Waals surface area contributed by atoms with Gasteiger partial charge in [0, 0.05) is 33.9 Å². The van der Waals surface area contributed by atoms with E-state index in [9.17, 15) is 9.22 Å². The van der Waals surface area contributed by atoms with E-state index in [1.807, 2.05) is 111 Å². The van der Waals surface area contributed by atoms with E-state index >= 15 is 0 Å². The molecule has 0 radical (unpaired) electrons. The SMILES string of the molecule is [2H]C([2H])([2H])c1cc(-n2c(-c3cc(C(C)(C)C)cc(C(C)(C)C)c3O)nc3c(-c4cc(-c5ccccc5)cc(-c5cc(-c6ccc(C([2H])(C)C)cc6)ccn5)c4)cccc32)c(-c2ccccc2)cc1-c1ccc(C(C)(C)C)cc1. The van der Waals surface area contributed by atoms with Gasteiger partial charge in [-0.1, -0.05) is 204 Å². The Morgan fingerprint density at radius 2 is 1.09 bits per heavy atom. The molecule has 2 aromatic heterocycles. The third-order valence-electron chi connectivity index (χ3n) is 14.4. The molecule has 0 amide bonds. The number of aromatic hydroxyl groups is 1. The molecule has 2 heterocycles. The summed E-state index contributed by atoms with van der Waals surface area (Å²) in [4.78, 5) is 10.7. The second-order valence-electron chi connectivity index (χ2n) is 23.1. The number of pyridine rings is 1. The number of aryl methyl sites for hydroxylation is 1. The van der Waals surface area contributed by atoms with E-state index in [2.05, 4.69) is 158 Å². The van der Waals surface area contributed by atoms with Crippen molar-refractivity contribution in [2.75, 3.05) is 0 Å². The quantitative estimate of drug-likeness (QED) is 0.157. The minimum absolute atomic E-state index is 0.0914. The smallest absolute Gasteiger partial charge is 0.149 e. The highest BCUT2D eigenvalue weighted by Gasteiger charge is 2.30. The third-order valence-corrected chi connectivity index (χ3v) is 14.4. The lowest BCUT2D eigenvalue weighted by Crippen LogP contribution is -2.17. The molecule has 4 nitrogen and oxygen atoms in total. The van der Waals surface area contributed by atoms with Crippen molar-refractivity contribution in [1.29, 1.82) is 0 Å². The Bertz CT molecular complexity index is 3850. The van der Waals surface area contributed by atoms with Crippen molar-refractivity contribution < 1.29 is 10.6 Å². The Balaban J connectivity index is 1.29. The van der Waals surface area contributed by atoms with Crippen molar-refractivity contribution in [2.24, 2.45) is 0 Å². The molecule has 0 atom stereocenters. The van der Waals surface area contributed by atoms with Gasteiger partial charge in [-0.2, -0.15) is 0 Å². The van der Waals surface area contributed by atoms with Crippen LogP contribution in [0.25, 0.3) is 95.0 Å². The molecule has 74 heavy (non-hydrogen) atoms. The molecule has 0 bridgehead atoms. The zero-order chi connectivity index (χ0) is 55.7. The van der Waals surface area contributed by atoms with Crippen LogP contribution < -0.4 is 0 Å². The summed E-state index contributed by atoms with van der Waals surface area (Å²) in [5, 5.41) is 12.8. The fraction of sp³-hybridized carbons (Fsp3) is 0.229. The number of fused-ring (bicyclic) bond motifs is 1. The van der Waals surface area contributed by atoms with Gasteiger partial charge in [0.2, 0.25) is 0 Å². The van der Waals surface area contributed by atoms with Crippen LogP contribution in [0.1, 0.15) is 115 Å². The first-order valence-electron chi connectivity index (χ1n) is 27.8. The monoisotopic (exact) mass is 972 g/mol. The maximum absolute atomic E-state index is 12.8. The van der Waals surface area contributed by atoms with Crippen molar-refractivity contribution in [3.63, 3.8) is 0 Å². The van der Waals surface area contributed by atoms with Crippen LogP contribution in [-0.2, 0) is 16.2 Å². The van der Waals surface area contributed by atoms with E-state index in [0.29, 0.717) is 28.2 Å². The van der Waals surface area contributed by atoms with E-state index < -0.39 is 18.2 Å². The number of hydrogen-bond acceptors (Lipinski definition) is 3. The molecule has 10 aromatic rings. The Hall–Kier alpha value is -7.82. The molecular formula is C70H69N3O. The van der Waals surface area contributed by atoms with Crippen LogP contribution in [0.5, 0.6) is 5.75 Å². The summed E-state index contributed by atoms with van der Waals surface area (Å²) in [5.74, 6) is -0.105. The van der Waals surface area contributed by atoms with Crippen molar-refractivity contribution in [2.45, 2.75) is 105 Å². The molecular weight excluding hydrogens is 899 g/mol. The van der Waals surface area contributed by atoms with Gasteiger partial charge in [0.1, 0.15) is 11.6 Å². The van der Waals surface area contributed by atoms with Crippen LogP contribution in [-0.4, -0.2) is 19.6 Å². The second kappa shape index (κ2) is 19.2. The number of para-hydroxylation sites is 1. The van der Waals surface area contributed by atoms with E-state index in [0.717, 1.165) is 89.1 Å². The van der Waals surface area contributed by atoms with Crippen LogP contribution in [0.15, 0.2) is 188 Å². The molecule has 4 heteroatoms. The summed E-state index contributed by atoms with van der Waals surface area (Å²) >= 11 is 0. The third kappa shape index (κ3) is 9.74. The first-order chi connectivity index (χ1) is 36.7. The average Bonchev–Trinajstić information content (AvgIpc) is 4.03. The van der Waals surface area contributed by atoms with Crippen molar-refractivity contribution in [1.82, 2.24) is 14.5 Å². The van der Waals surface area contributed by atoms with Crippen LogP contribution in [0, 0.1) is 6.85 Å². The van der Waals surface area contributed by atoms with Crippen LogP contribution >= 0.6 is 0 Å². The molecule has 0 aliphatic carbocycles. The standard InChI is InChI=1S/C70H69N3O/c1-44(2)46-26-28-48(29-27-46)51-34-35-71-62(40-51)54-38-52(47-20-15-13-16-21-47)37-53(39-54)57-24-19-25-63-65(57)72-67(60-41-56(69(7,8)9)42-61(66(60)74)70(10,11)12)73(63)64-36-45(3)58(43-59(64)49-22-17-14-18-23-49)50-30-32-55(33-31-50)68(4,5)6/h13-44,74H,1-12H3/i3D3,44D. The number of rotatable bonds is 9. The Morgan fingerprint density at radius 3 is 1.73 bits per heavy atom. The Morgan fingerprint density at radius 1 is 0.486 bits per heavy atom. The number of aromatic nitrogens is 3. The fourth-order valence-electron chi connectivity index (χ4n) is 10.1. The molecule has 1 N–H and O–H groups in total. The van der Waals surface area contributed by atoms with E-state index in [1.165, 1.54) is 0 Å². The van der Waals surface area contributed by atoms with Gasteiger partial charge in [-0.05, 0) is 150 Å². The van der Waals surface area contributed by atoms with Crippen molar-refractivity contribution >= 4 is 11.0 Å². The number of imidazole rings is 1. The summed E-state index contributed by atoms with van der Waals surface area (Å²) < 4.78 is 38.2. The lowest BCUT2D eigenvalue weighted by molar-refractivity contribution is 0.446. The number of hydrogen-bond donors (Lipinski definition) is 1. The van der Waals surface area contributed by atoms with Gasteiger partial charge in [-0.25, -0.2) is 4.98 Å². The van der Waals surface area contributed by atoms with E-state index in [4.69, 9.17) is 11.3 Å². The molecule has 0 saturated heterocycles. The molecule has 0 aliphatic rings. The minimum atomic E-state index is -2.51. The van der Waals surface area contributed by atoms with Gasteiger partial charge >= 0.3 is 0 Å². The minimum Gasteiger partial charge on any atom is -0.507 e. The topological polar surface area (TPSA) is 50.9 Å². The maximum atomic E-state index is 12.8. The highest BCUT2D eigenvalue weighted by atomic mass is 16.3. The molecule has 0 unspecified atom stereocenters. The van der Waals surface area contributed by atoms with Crippen LogP contribution in [0.3, 0.4) is 0 Å². The fourth-order valence-corrected chi connectivity index (χ4v) is 10.1. The van der Waals surface area contributed by atoms with Gasteiger partial charge in [0.15, 0.2) is 0 Å².